The molecule has 74 valence electrons. The molecule has 1 heterocycles. The van der Waals surface area contributed by atoms with E-state index in [1.807, 2.05) is 0 Å². The zero-order chi connectivity index (χ0) is 9.52. The van der Waals surface area contributed by atoms with Gasteiger partial charge in [-0.3, -0.25) is 0 Å². The van der Waals surface area contributed by atoms with Crippen molar-refractivity contribution in [3.8, 4) is 0 Å². The molecule has 0 amide bonds. The van der Waals surface area contributed by atoms with Crippen LogP contribution in [0.1, 0.15) is 25.5 Å². The van der Waals surface area contributed by atoms with E-state index in [1.165, 1.54) is 12.8 Å². The van der Waals surface area contributed by atoms with Crippen molar-refractivity contribution in [2.45, 2.75) is 26.2 Å². The van der Waals surface area contributed by atoms with Crippen molar-refractivity contribution in [1.29, 1.82) is 0 Å². The van der Waals surface area contributed by atoms with Crippen molar-refractivity contribution in [3.05, 3.63) is 11.1 Å². The highest BCUT2D eigenvalue weighted by Crippen LogP contribution is 2.15. The minimum absolute atomic E-state index is 0.679. The van der Waals surface area contributed by atoms with Gasteiger partial charge in [0.05, 0.1) is 5.69 Å². The Bertz CT molecular complexity index is 235. The van der Waals surface area contributed by atoms with E-state index in [4.69, 9.17) is 5.73 Å². The number of aromatic nitrogens is 1. The first-order valence-electron chi connectivity index (χ1n) is 4.75. The van der Waals surface area contributed by atoms with Gasteiger partial charge in [-0.15, -0.1) is 11.3 Å². The van der Waals surface area contributed by atoms with E-state index >= 15 is 0 Å². The third-order valence-electron chi connectivity index (χ3n) is 1.76. The highest BCUT2D eigenvalue weighted by Gasteiger charge is 1.99. The lowest BCUT2D eigenvalue weighted by Crippen LogP contribution is -2.04. The molecule has 0 aromatic carbocycles. The molecule has 1 aromatic heterocycles. The van der Waals surface area contributed by atoms with Crippen molar-refractivity contribution in [1.82, 2.24) is 4.98 Å². The summed E-state index contributed by atoms with van der Waals surface area (Å²) >= 11 is 1.66. The van der Waals surface area contributed by atoms with E-state index < -0.39 is 0 Å². The summed E-state index contributed by atoms with van der Waals surface area (Å²) in [7, 11) is 0. The molecular weight excluding hydrogens is 182 g/mol. The van der Waals surface area contributed by atoms with Crippen molar-refractivity contribution in [2.24, 2.45) is 5.73 Å². The monoisotopic (exact) mass is 199 g/mol. The van der Waals surface area contributed by atoms with Crippen LogP contribution in [0.3, 0.4) is 0 Å². The largest absolute Gasteiger partial charge is 0.362 e. The molecule has 0 aliphatic rings. The Kier molecular flexibility index (Phi) is 4.78. The molecule has 0 aliphatic heterocycles. The third-order valence-corrected chi connectivity index (χ3v) is 2.61. The number of nitrogens with two attached hydrogens (primary N) is 1. The Morgan fingerprint density at radius 2 is 2.46 bits per heavy atom. The van der Waals surface area contributed by atoms with Gasteiger partial charge < -0.3 is 11.1 Å². The van der Waals surface area contributed by atoms with Gasteiger partial charge in [-0.25, -0.2) is 4.98 Å². The van der Waals surface area contributed by atoms with Crippen LogP contribution in [0.4, 0.5) is 5.13 Å². The highest BCUT2D eigenvalue weighted by atomic mass is 32.1. The SMILES string of the molecule is CCCCNc1nc(CCN)cs1. The topological polar surface area (TPSA) is 50.9 Å². The van der Waals surface area contributed by atoms with E-state index in [-0.39, 0.29) is 0 Å². The van der Waals surface area contributed by atoms with Crippen LogP contribution >= 0.6 is 11.3 Å². The fourth-order valence-corrected chi connectivity index (χ4v) is 1.80. The van der Waals surface area contributed by atoms with E-state index in [0.29, 0.717) is 6.54 Å². The van der Waals surface area contributed by atoms with Gasteiger partial charge in [-0.05, 0) is 13.0 Å². The predicted octanol–water partition coefficient (Wildman–Crippen LogP) is 1.86. The highest BCUT2D eigenvalue weighted by molar-refractivity contribution is 7.13. The molecular formula is C9H17N3S. The van der Waals surface area contributed by atoms with Gasteiger partial charge in [0.15, 0.2) is 5.13 Å². The summed E-state index contributed by atoms with van der Waals surface area (Å²) < 4.78 is 0. The molecule has 0 saturated carbocycles. The second kappa shape index (κ2) is 5.94. The first kappa shape index (κ1) is 10.5. The number of hydrogen-bond acceptors (Lipinski definition) is 4. The van der Waals surface area contributed by atoms with Gasteiger partial charge in [0, 0.05) is 18.3 Å². The maximum Gasteiger partial charge on any atom is 0.182 e. The van der Waals surface area contributed by atoms with Crippen molar-refractivity contribution in [3.63, 3.8) is 0 Å². The molecule has 4 heteroatoms. The Balaban J connectivity index is 2.31. The fraction of sp³-hybridized carbons (Fsp3) is 0.667. The number of thiazole rings is 1. The molecule has 13 heavy (non-hydrogen) atoms. The molecule has 0 aliphatic carbocycles. The third kappa shape index (κ3) is 3.74. The summed E-state index contributed by atoms with van der Waals surface area (Å²) in [5, 5.41) is 6.39. The van der Waals surface area contributed by atoms with Crippen LogP contribution in [-0.4, -0.2) is 18.1 Å². The van der Waals surface area contributed by atoms with Crippen LogP contribution in [-0.2, 0) is 6.42 Å². The van der Waals surface area contributed by atoms with Crippen LogP contribution < -0.4 is 11.1 Å². The van der Waals surface area contributed by atoms with E-state index in [0.717, 1.165) is 23.8 Å². The smallest absolute Gasteiger partial charge is 0.182 e. The predicted molar refractivity (Wildman–Crippen MR) is 58.3 cm³/mol. The minimum Gasteiger partial charge on any atom is -0.362 e. The van der Waals surface area contributed by atoms with Crippen LogP contribution in [0.5, 0.6) is 0 Å². The molecule has 1 rings (SSSR count). The number of nitrogens with zero attached hydrogens (tertiary/aromatic N) is 1. The molecule has 0 unspecified atom stereocenters. The Morgan fingerprint density at radius 3 is 3.15 bits per heavy atom. The van der Waals surface area contributed by atoms with Gasteiger partial charge in [0.25, 0.3) is 0 Å². The fourth-order valence-electron chi connectivity index (χ4n) is 1.02. The van der Waals surface area contributed by atoms with Gasteiger partial charge >= 0.3 is 0 Å². The first-order valence-corrected chi connectivity index (χ1v) is 5.63. The number of rotatable bonds is 6. The lowest BCUT2D eigenvalue weighted by Gasteiger charge is -1.98. The Hall–Kier alpha value is -0.610. The van der Waals surface area contributed by atoms with Crippen molar-refractivity contribution in [2.75, 3.05) is 18.4 Å². The molecule has 0 spiro atoms. The van der Waals surface area contributed by atoms with E-state index in [1.54, 1.807) is 11.3 Å². The summed E-state index contributed by atoms with van der Waals surface area (Å²) in [4.78, 5) is 4.40. The zero-order valence-electron chi connectivity index (χ0n) is 8.05. The first-order chi connectivity index (χ1) is 6.36. The second-order valence-corrected chi connectivity index (χ2v) is 3.82. The van der Waals surface area contributed by atoms with E-state index in [2.05, 4.69) is 22.6 Å². The Labute approximate surface area is 83.4 Å². The molecule has 1 aromatic rings. The summed E-state index contributed by atoms with van der Waals surface area (Å²) in [6, 6.07) is 0. The lowest BCUT2D eigenvalue weighted by atomic mass is 10.3. The summed E-state index contributed by atoms with van der Waals surface area (Å²) in [5.74, 6) is 0. The van der Waals surface area contributed by atoms with Gasteiger partial charge in [0.2, 0.25) is 0 Å². The summed E-state index contributed by atoms with van der Waals surface area (Å²) in [6.45, 7) is 3.88. The minimum atomic E-state index is 0.679. The number of anilines is 1. The lowest BCUT2D eigenvalue weighted by molar-refractivity contribution is 0.832. The molecule has 0 bridgehead atoms. The normalized spacial score (nSPS) is 10.3. The molecule has 0 atom stereocenters. The molecule has 0 saturated heterocycles. The average molecular weight is 199 g/mol. The standard InChI is InChI=1S/C9H17N3S/c1-2-3-6-11-9-12-8(4-5-10)7-13-9/h7H,2-6,10H2,1H3,(H,11,12). The zero-order valence-corrected chi connectivity index (χ0v) is 8.86. The number of unbranched alkanes of at least 4 members (excludes halogenated alkanes) is 1. The van der Waals surface area contributed by atoms with Crippen LogP contribution in [0, 0.1) is 0 Å². The average Bonchev–Trinajstić information content (AvgIpc) is 2.54. The van der Waals surface area contributed by atoms with E-state index in [9.17, 15) is 0 Å². The van der Waals surface area contributed by atoms with Gasteiger partial charge in [0.1, 0.15) is 0 Å². The Morgan fingerprint density at radius 1 is 1.62 bits per heavy atom. The van der Waals surface area contributed by atoms with Gasteiger partial charge in [-0.2, -0.15) is 0 Å². The van der Waals surface area contributed by atoms with Crippen LogP contribution in [0.25, 0.3) is 0 Å². The van der Waals surface area contributed by atoms with Crippen LogP contribution in [0.15, 0.2) is 5.38 Å². The second-order valence-electron chi connectivity index (χ2n) is 2.96. The maximum atomic E-state index is 5.44. The molecule has 0 fully saturated rings. The maximum absolute atomic E-state index is 5.44. The van der Waals surface area contributed by atoms with Crippen molar-refractivity contribution >= 4 is 16.5 Å². The van der Waals surface area contributed by atoms with Gasteiger partial charge in [-0.1, -0.05) is 13.3 Å². The molecule has 3 N–H and O–H groups in total. The number of nitrogens with one attached hydrogen (secondary N) is 1. The molecule has 0 radical (unpaired) electrons. The number of hydrogen-bond donors (Lipinski definition) is 2. The molecule has 3 nitrogen and oxygen atoms in total. The quantitative estimate of drug-likeness (QED) is 0.687. The van der Waals surface area contributed by atoms with Crippen molar-refractivity contribution < 1.29 is 0 Å². The van der Waals surface area contributed by atoms with Crippen LogP contribution in [0.2, 0.25) is 0 Å². The summed E-state index contributed by atoms with van der Waals surface area (Å²) in [5.41, 5.74) is 6.54. The summed E-state index contributed by atoms with van der Waals surface area (Å²) in [6.07, 6.45) is 3.30.